The minimum atomic E-state index is -1.53. The van der Waals surface area contributed by atoms with Crippen molar-refractivity contribution in [3.05, 3.63) is 39.7 Å². The number of thioether (sulfide) groups is 1. The average Bonchev–Trinajstić information content (AvgIpc) is 2.45. The quantitative estimate of drug-likeness (QED) is 0.434. The highest BCUT2D eigenvalue weighted by molar-refractivity contribution is 8.13. The summed E-state index contributed by atoms with van der Waals surface area (Å²) in [5.41, 5.74) is -1.31. The highest BCUT2D eigenvalue weighted by Gasteiger charge is 2.39. The Kier molecular flexibility index (Phi) is 7.42. The van der Waals surface area contributed by atoms with Crippen molar-refractivity contribution in [3.63, 3.8) is 0 Å². The maximum atomic E-state index is 14.4. The molecule has 1 N–H and O–H groups in total. The Morgan fingerprint density at radius 2 is 1.96 bits per heavy atom. The Balaban J connectivity index is 3.27. The van der Waals surface area contributed by atoms with Crippen molar-refractivity contribution < 1.29 is 18.7 Å². The first-order chi connectivity index (χ1) is 11.4. The number of nitrogens with one attached hydrogen (secondary N) is 1. The third-order valence-corrected chi connectivity index (χ3v) is 6.10. The summed E-state index contributed by atoms with van der Waals surface area (Å²) in [6, 6.07) is 3.27. The van der Waals surface area contributed by atoms with E-state index in [9.17, 15) is 23.9 Å². The SMILES string of the molecule is CC(=O)SCC[C@](C)(N[S+]([O-])C(C)(C)C)c1cc([N+](=O)[O-])ccc1F. The van der Waals surface area contributed by atoms with E-state index in [4.69, 9.17) is 0 Å². The van der Waals surface area contributed by atoms with E-state index in [2.05, 4.69) is 4.72 Å². The molecule has 1 unspecified atom stereocenters. The molecular weight excluding hydrogens is 367 g/mol. The molecule has 2 atom stereocenters. The van der Waals surface area contributed by atoms with Crippen LogP contribution in [0.4, 0.5) is 10.1 Å². The van der Waals surface area contributed by atoms with Crippen molar-refractivity contribution in [3.8, 4) is 0 Å². The zero-order valence-corrected chi connectivity index (χ0v) is 16.6. The van der Waals surface area contributed by atoms with Crippen LogP contribution in [0.5, 0.6) is 0 Å². The summed E-state index contributed by atoms with van der Waals surface area (Å²) < 4.78 is 29.3. The summed E-state index contributed by atoms with van der Waals surface area (Å²) in [6.45, 7) is 8.37. The van der Waals surface area contributed by atoms with Gasteiger partial charge in [-0.15, -0.1) is 4.72 Å². The summed E-state index contributed by atoms with van der Waals surface area (Å²) >= 11 is -0.458. The summed E-state index contributed by atoms with van der Waals surface area (Å²) in [5.74, 6) is -0.262. The lowest BCUT2D eigenvalue weighted by Gasteiger charge is -2.35. The van der Waals surface area contributed by atoms with Crippen LogP contribution in [-0.2, 0) is 21.7 Å². The van der Waals surface area contributed by atoms with Crippen LogP contribution in [0.2, 0.25) is 0 Å². The molecule has 9 heteroatoms. The van der Waals surface area contributed by atoms with Gasteiger partial charge >= 0.3 is 0 Å². The number of carbonyl (C=O) groups is 1. The highest BCUT2D eigenvalue weighted by atomic mass is 32.2. The van der Waals surface area contributed by atoms with E-state index < -0.39 is 32.4 Å². The number of hydrogen-bond acceptors (Lipinski definition) is 6. The van der Waals surface area contributed by atoms with Gasteiger partial charge in [-0.05, 0) is 40.2 Å². The van der Waals surface area contributed by atoms with Crippen LogP contribution in [0, 0.1) is 15.9 Å². The van der Waals surface area contributed by atoms with Gasteiger partial charge in [0, 0.05) is 41.7 Å². The molecule has 0 radical (unpaired) electrons. The minimum Gasteiger partial charge on any atom is -0.598 e. The topological polar surface area (TPSA) is 95.3 Å². The second-order valence-corrected chi connectivity index (χ2v) is 10.1. The van der Waals surface area contributed by atoms with E-state index in [0.29, 0.717) is 5.75 Å². The second-order valence-electron chi connectivity index (χ2n) is 6.83. The number of nitro groups is 1. The van der Waals surface area contributed by atoms with Gasteiger partial charge in [-0.25, -0.2) is 4.39 Å². The predicted molar refractivity (Wildman–Crippen MR) is 99.2 cm³/mol. The van der Waals surface area contributed by atoms with E-state index >= 15 is 0 Å². The van der Waals surface area contributed by atoms with Crippen molar-refractivity contribution in [2.45, 2.75) is 51.3 Å². The maximum Gasteiger partial charge on any atom is 0.269 e. The molecule has 0 saturated carbocycles. The number of carbonyl (C=O) groups excluding carboxylic acids is 1. The maximum absolute atomic E-state index is 14.4. The molecule has 25 heavy (non-hydrogen) atoms. The molecule has 0 fully saturated rings. The molecule has 0 spiro atoms. The first-order valence-electron chi connectivity index (χ1n) is 7.64. The third kappa shape index (κ3) is 6.25. The lowest BCUT2D eigenvalue weighted by molar-refractivity contribution is -0.385. The molecule has 0 aliphatic carbocycles. The van der Waals surface area contributed by atoms with Crippen LogP contribution >= 0.6 is 11.8 Å². The Morgan fingerprint density at radius 1 is 1.36 bits per heavy atom. The fourth-order valence-electron chi connectivity index (χ4n) is 2.05. The second kappa shape index (κ2) is 8.48. The van der Waals surface area contributed by atoms with Gasteiger partial charge in [0.05, 0.1) is 10.5 Å². The van der Waals surface area contributed by atoms with Gasteiger partial charge < -0.3 is 4.55 Å². The van der Waals surface area contributed by atoms with Crippen LogP contribution in [-0.4, -0.2) is 25.1 Å². The largest absolute Gasteiger partial charge is 0.598 e. The minimum absolute atomic E-state index is 0.0588. The zero-order chi connectivity index (χ0) is 19.4. The fraction of sp³-hybridized carbons (Fsp3) is 0.562. The molecule has 0 amide bonds. The molecule has 6 nitrogen and oxygen atoms in total. The number of nitro benzene ring substituents is 1. The highest BCUT2D eigenvalue weighted by Crippen LogP contribution is 2.33. The molecule has 140 valence electrons. The third-order valence-electron chi connectivity index (χ3n) is 3.54. The molecule has 0 bridgehead atoms. The van der Waals surface area contributed by atoms with Crippen molar-refractivity contribution in [1.82, 2.24) is 4.72 Å². The van der Waals surface area contributed by atoms with E-state index in [-0.39, 0.29) is 22.8 Å². The number of non-ortho nitro benzene ring substituents is 1. The van der Waals surface area contributed by atoms with Crippen molar-refractivity contribution in [1.29, 1.82) is 0 Å². The van der Waals surface area contributed by atoms with Crippen molar-refractivity contribution in [2.24, 2.45) is 0 Å². The Hall–Kier alpha value is -1.16. The first-order valence-corrected chi connectivity index (χ1v) is 9.78. The van der Waals surface area contributed by atoms with Gasteiger partial charge in [0.2, 0.25) is 0 Å². The number of hydrogen-bond donors (Lipinski definition) is 1. The standard InChI is InChI=1S/C16H23FN2O4S2/c1-11(20)24-9-8-16(5,18-25(23)15(2,3)4)13-10-12(19(21)22)6-7-14(13)17/h6-7,10,18H,8-9H2,1-5H3/t16-,25?/m0/s1. The summed E-state index contributed by atoms with van der Waals surface area (Å²) in [4.78, 5) is 21.6. The van der Waals surface area contributed by atoms with Gasteiger partial charge in [0.1, 0.15) is 10.6 Å². The van der Waals surface area contributed by atoms with E-state index in [1.54, 1.807) is 27.7 Å². The zero-order valence-electron chi connectivity index (χ0n) is 14.9. The molecule has 0 aliphatic rings. The van der Waals surface area contributed by atoms with Gasteiger partial charge in [0.15, 0.2) is 5.12 Å². The fourth-order valence-corrected chi connectivity index (χ4v) is 3.77. The molecule has 1 aromatic rings. The Labute approximate surface area is 154 Å². The monoisotopic (exact) mass is 390 g/mol. The Bertz CT molecular complexity index is 652. The average molecular weight is 391 g/mol. The Morgan fingerprint density at radius 3 is 2.44 bits per heavy atom. The lowest BCUT2D eigenvalue weighted by Crippen LogP contribution is -2.50. The van der Waals surface area contributed by atoms with Crippen LogP contribution < -0.4 is 4.72 Å². The van der Waals surface area contributed by atoms with Gasteiger partial charge in [0.25, 0.3) is 5.69 Å². The molecule has 1 aromatic carbocycles. The van der Waals surface area contributed by atoms with E-state index in [1.807, 2.05) is 0 Å². The van der Waals surface area contributed by atoms with Crippen molar-refractivity contribution in [2.75, 3.05) is 5.75 Å². The molecule has 0 aromatic heterocycles. The predicted octanol–water partition coefficient (Wildman–Crippen LogP) is 3.67. The normalized spacial score (nSPS) is 15.5. The number of benzene rings is 1. The van der Waals surface area contributed by atoms with Crippen LogP contribution in [0.1, 0.15) is 46.6 Å². The lowest BCUT2D eigenvalue weighted by atomic mass is 9.89. The molecule has 0 aliphatic heterocycles. The number of nitrogens with zero attached hydrogens (tertiary/aromatic N) is 1. The molecular formula is C16H23FN2O4S2. The summed E-state index contributed by atoms with van der Waals surface area (Å²) in [6.07, 6.45) is 0.275. The van der Waals surface area contributed by atoms with Crippen LogP contribution in [0.3, 0.4) is 0 Å². The van der Waals surface area contributed by atoms with Crippen LogP contribution in [0.25, 0.3) is 0 Å². The number of halogens is 1. The van der Waals surface area contributed by atoms with Crippen molar-refractivity contribution >= 4 is 33.9 Å². The molecule has 1 rings (SSSR count). The summed E-state index contributed by atoms with van der Waals surface area (Å²) in [5, 5.41) is 10.9. The number of rotatable bonds is 7. The molecule has 0 heterocycles. The first kappa shape index (κ1) is 21.9. The van der Waals surface area contributed by atoms with Gasteiger partial charge in [-0.2, -0.15) is 0 Å². The van der Waals surface area contributed by atoms with Crippen LogP contribution in [0.15, 0.2) is 18.2 Å². The van der Waals surface area contributed by atoms with Gasteiger partial charge in [-0.3, -0.25) is 14.9 Å². The van der Waals surface area contributed by atoms with E-state index in [1.165, 1.54) is 6.92 Å². The van der Waals surface area contributed by atoms with Gasteiger partial charge in [-0.1, -0.05) is 11.8 Å². The smallest absolute Gasteiger partial charge is 0.269 e. The summed E-state index contributed by atoms with van der Waals surface area (Å²) in [7, 11) is 0. The molecule has 0 saturated heterocycles. The van der Waals surface area contributed by atoms with E-state index in [0.717, 1.165) is 30.0 Å².